The van der Waals surface area contributed by atoms with E-state index in [2.05, 4.69) is 183 Å². The van der Waals surface area contributed by atoms with Crippen molar-refractivity contribution in [1.82, 2.24) is 0 Å². The third kappa shape index (κ3) is 5.04. The van der Waals surface area contributed by atoms with Crippen LogP contribution in [-0.4, -0.2) is 0 Å². The highest BCUT2D eigenvalue weighted by atomic mass is 16.3. The summed E-state index contributed by atoms with van der Waals surface area (Å²) in [6.07, 6.45) is 6.88. The van der Waals surface area contributed by atoms with E-state index < -0.39 is 0 Å². The van der Waals surface area contributed by atoms with Crippen molar-refractivity contribution in [1.29, 1.82) is 0 Å². The Labute approximate surface area is 340 Å². The molecule has 3 aliphatic rings. The minimum Gasteiger partial charge on any atom is -0.456 e. The van der Waals surface area contributed by atoms with Crippen LogP contribution in [0, 0.1) is 5.92 Å². The maximum Gasteiger partial charge on any atom is 0.137 e. The first-order chi connectivity index (χ1) is 28.4. The zero-order valence-corrected chi connectivity index (χ0v) is 33.1. The van der Waals surface area contributed by atoms with E-state index in [4.69, 9.17) is 4.42 Å². The predicted octanol–water partition coefficient (Wildman–Crippen LogP) is 15.7. The minimum atomic E-state index is -0.118. The molecular formula is C56H45NO. The number of hydrogen-bond acceptors (Lipinski definition) is 2. The Kier molecular flexibility index (Phi) is 7.30. The second kappa shape index (κ2) is 12.6. The van der Waals surface area contributed by atoms with Crippen LogP contribution in [0.3, 0.4) is 0 Å². The summed E-state index contributed by atoms with van der Waals surface area (Å²) in [5, 5.41) is 4.80. The van der Waals surface area contributed by atoms with Crippen LogP contribution in [0.2, 0.25) is 0 Å². The molecule has 2 bridgehead atoms. The molecule has 58 heavy (non-hydrogen) atoms. The fourth-order valence-corrected chi connectivity index (χ4v) is 11.3. The molecule has 3 aliphatic carbocycles. The van der Waals surface area contributed by atoms with Gasteiger partial charge in [-0.1, -0.05) is 135 Å². The average molecular weight is 748 g/mol. The first kappa shape index (κ1) is 33.7. The summed E-state index contributed by atoms with van der Waals surface area (Å²) in [5.74, 6) is 0.929. The van der Waals surface area contributed by atoms with Gasteiger partial charge in [-0.15, -0.1) is 0 Å². The van der Waals surface area contributed by atoms with Crippen LogP contribution in [0.1, 0.15) is 62.6 Å². The maximum absolute atomic E-state index is 6.48. The maximum atomic E-state index is 6.48. The summed E-state index contributed by atoms with van der Waals surface area (Å²) in [6.45, 7) is 4.87. The third-order valence-electron chi connectivity index (χ3n) is 14.3. The highest BCUT2D eigenvalue weighted by Crippen LogP contribution is 2.58. The Bertz CT molecular complexity index is 3060. The van der Waals surface area contributed by atoms with Crippen molar-refractivity contribution in [2.45, 2.75) is 56.8 Å². The fourth-order valence-electron chi connectivity index (χ4n) is 11.3. The summed E-state index contributed by atoms with van der Waals surface area (Å²) in [5.41, 5.74) is 17.5. The zero-order chi connectivity index (χ0) is 38.6. The quantitative estimate of drug-likeness (QED) is 0.168. The summed E-state index contributed by atoms with van der Waals surface area (Å²) < 4.78 is 6.48. The zero-order valence-electron chi connectivity index (χ0n) is 33.1. The lowest BCUT2D eigenvalue weighted by molar-refractivity contribution is 0.418. The van der Waals surface area contributed by atoms with Gasteiger partial charge in [-0.2, -0.15) is 0 Å². The molecule has 2 nitrogen and oxygen atoms in total. The highest BCUT2D eigenvalue weighted by molar-refractivity contribution is 6.07. The molecule has 280 valence electrons. The highest BCUT2D eigenvalue weighted by Gasteiger charge is 2.47. The first-order valence-electron chi connectivity index (χ1n) is 21.1. The second-order valence-corrected chi connectivity index (χ2v) is 17.8. The van der Waals surface area contributed by atoms with E-state index in [9.17, 15) is 0 Å². The molecule has 12 rings (SSSR count). The molecule has 2 saturated carbocycles. The van der Waals surface area contributed by atoms with Gasteiger partial charge < -0.3 is 9.32 Å². The van der Waals surface area contributed by atoms with Gasteiger partial charge in [0.15, 0.2) is 0 Å². The van der Waals surface area contributed by atoms with E-state index in [0.717, 1.165) is 44.9 Å². The van der Waals surface area contributed by atoms with Crippen molar-refractivity contribution in [2.24, 2.45) is 5.92 Å². The van der Waals surface area contributed by atoms with Crippen LogP contribution < -0.4 is 4.90 Å². The monoisotopic (exact) mass is 747 g/mol. The molecule has 0 N–H and O–H groups in total. The number of rotatable bonds is 6. The molecule has 0 spiro atoms. The minimum absolute atomic E-state index is 0.118. The number of furan rings is 1. The van der Waals surface area contributed by atoms with Gasteiger partial charge >= 0.3 is 0 Å². The van der Waals surface area contributed by atoms with Gasteiger partial charge in [-0.25, -0.2) is 0 Å². The Balaban J connectivity index is 0.987. The molecule has 0 radical (unpaired) electrons. The molecule has 9 aromatic rings. The topological polar surface area (TPSA) is 16.4 Å². The second-order valence-electron chi connectivity index (χ2n) is 17.8. The first-order valence-corrected chi connectivity index (χ1v) is 21.1. The van der Waals surface area contributed by atoms with Crippen LogP contribution in [-0.2, 0) is 10.8 Å². The molecule has 0 unspecified atom stereocenters. The summed E-state index contributed by atoms with van der Waals surface area (Å²) >= 11 is 0. The Morgan fingerprint density at radius 3 is 1.86 bits per heavy atom. The van der Waals surface area contributed by atoms with Gasteiger partial charge in [0.25, 0.3) is 0 Å². The number of nitrogens with zero attached hydrogens (tertiary/aromatic N) is 1. The third-order valence-corrected chi connectivity index (χ3v) is 14.3. The molecule has 0 saturated heterocycles. The molecule has 0 aliphatic heterocycles. The molecule has 1 heterocycles. The van der Waals surface area contributed by atoms with E-state index in [-0.39, 0.29) is 5.41 Å². The van der Waals surface area contributed by atoms with Gasteiger partial charge in [-0.3, -0.25) is 0 Å². The van der Waals surface area contributed by atoms with E-state index in [1.165, 1.54) is 87.4 Å². The van der Waals surface area contributed by atoms with Crippen molar-refractivity contribution in [3.63, 3.8) is 0 Å². The lowest BCUT2D eigenvalue weighted by Gasteiger charge is -2.30. The number of hydrogen-bond donors (Lipinski definition) is 0. The van der Waals surface area contributed by atoms with Crippen LogP contribution in [0.15, 0.2) is 174 Å². The Morgan fingerprint density at radius 2 is 1.12 bits per heavy atom. The van der Waals surface area contributed by atoms with Crippen LogP contribution in [0.5, 0.6) is 0 Å². The number of benzene rings is 8. The van der Waals surface area contributed by atoms with Crippen molar-refractivity contribution in [3.8, 4) is 33.4 Å². The van der Waals surface area contributed by atoms with Crippen LogP contribution in [0.4, 0.5) is 17.1 Å². The Hall–Kier alpha value is -6.38. The molecule has 2 heteroatoms. The molecular weight excluding hydrogens is 703 g/mol. The smallest absolute Gasteiger partial charge is 0.137 e. The van der Waals surface area contributed by atoms with E-state index in [0.29, 0.717) is 5.41 Å². The van der Waals surface area contributed by atoms with Gasteiger partial charge in [0, 0.05) is 39.3 Å². The van der Waals surface area contributed by atoms with Gasteiger partial charge in [0.1, 0.15) is 11.2 Å². The van der Waals surface area contributed by atoms with Gasteiger partial charge in [-0.05, 0) is 147 Å². The number of anilines is 3. The Morgan fingerprint density at radius 1 is 0.500 bits per heavy atom. The van der Waals surface area contributed by atoms with E-state index in [1.807, 2.05) is 6.07 Å². The lowest BCUT2D eigenvalue weighted by atomic mass is 9.75. The summed E-state index contributed by atoms with van der Waals surface area (Å²) in [4.78, 5) is 2.41. The van der Waals surface area contributed by atoms with E-state index in [1.54, 1.807) is 5.56 Å². The molecule has 0 atom stereocenters. The molecule has 2 fully saturated rings. The van der Waals surface area contributed by atoms with Gasteiger partial charge in [0.05, 0.1) is 0 Å². The summed E-state index contributed by atoms with van der Waals surface area (Å²) in [6, 6.07) is 62.9. The standard InChI is InChI=1S/C56H45NO/c1-55(2)50-32-40(56-30-28-36(35-56)29-31-56)20-25-46(50)47-26-23-42(33-51(47)55)57(43-24-27-49-48-14-6-7-17-52(48)58-53(49)34-43)41-21-18-38(19-22-41)45-16-9-13-39-12-8-15-44(54(39)45)37-10-4-3-5-11-37/h3-27,32-34,36H,28-31,35H2,1-2H3. The normalized spacial score (nSPS) is 18.9. The molecule has 0 amide bonds. The molecule has 8 aromatic carbocycles. The molecule has 1 aromatic heterocycles. The van der Waals surface area contributed by atoms with Crippen LogP contribution >= 0.6 is 0 Å². The van der Waals surface area contributed by atoms with Gasteiger partial charge in [0.2, 0.25) is 0 Å². The lowest BCUT2D eigenvalue weighted by Crippen LogP contribution is -2.21. The number of para-hydroxylation sites is 1. The van der Waals surface area contributed by atoms with Crippen molar-refractivity contribution < 1.29 is 4.42 Å². The largest absolute Gasteiger partial charge is 0.456 e. The fraction of sp³-hybridized carbons (Fsp3) is 0.179. The van der Waals surface area contributed by atoms with Crippen molar-refractivity contribution in [3.05, 3.63) is 187 Å². The van der Waals surface area contributed by atoms with Crippen molar-refractivity contribution >= 4 is 49.8 Å². The summed E-state index contributed by atoms with van der Waals surface area (Å²) in [7, 11) is 0. The number of fused-ring (bicyclic) bond motifs is 9. The average Bonchev–Trinajstić information content (AvgIpc) is 4.04. The van der Waals surface area contributed by atoms with Crippen molar-refractivity contribution in [2.75, 3.05) is 4.90 Å². The SMILES string of the molecule is CC1(C)c2cc(N(c3ccc(-c4cccc5cccc(-c6ccccc6)c45)cc3)c3ccc4c(c3)oc3ccccc34)ccc2-c2ccc(C34CCC(CC3)C4)cc21. The van der Waals surface area contributed by atoms with Crippen LogP contribution in [0.25, 0.3) is 66.1 Å². The van der Waals surface area contributed by atoms with E-state index >= 15 is 0 Å². The predicted molar refractivity (Wildman–Crippen MR) is 243 cm³/mol.